The number of aromatic amines is 1. The summed E-state index contributed by atoms with van der Waals surface area (Å²) in [5.41, 5.74) is 1.63. The van der Waals surface area contributed by atoms with Crippen LogP contribution in [0.25, 0.3) is 11.0 Å². The molecule has 5 heteroatoms. The molecule has 0 amide bonds. The normalized spacial score (nSPS) is 14.5. The van der Waals surface area contributed by atoms with Crippen molar-refractivity contribution in [3.8, 4) is 11.5 Å². The summed E-state index contributed by atoms with van der Waals surface area (Å²) in [6, 6.07) is 3.66. The summed E-state index contributed by atoms with van der Waals surface area (Å²) >= 11 is 0. The van der Waals surface area contributed by atoms with E-state index in [1.165, 1.54) is 0 Å². The van der Waals surface area contributed by atoms with Crippen molar-refractivity contribution in [2.45, 2.75) is 6.61 Å². The number of H-pyrrole nitrogens is 1. The van der Waals surface area contributed by atoms with Gasteiger partial charge in [0.2, 0.25) is 0 Å². The maximum Gasteiger partial charge on any atom is 0.163 e. The number of benzene rings is 1. The van der Waals surface area contributed by atoms with Crippen LogP contribution in [-0.2, 0) is 6.61 Å². The molecular weight excluding hydrogens is 196 g/mol. The third-order valence-corrected chi connectivity index (χ3v) is 2.34. The highest BCUT2D eigenvalue weighted by molar-refractivity contribution is 5.79. The second kappa shape index (κ2) is 3.13. The minimum Gasteiger partial charge on any atom is -0.486 e. The molecule has 15 heavy (non-hydrogen) atoms. The van der Waals surface area contributed by atoms with Crippen molar-refractivity contribution in [2.75, 3.05) is 13.2 Å². The molecule has 0 radical (unpaired) electrons. The molecule has 0 spiro atoms. The first-order chi connectivity index (χ1) is 7.36. The van der Waals surface area contributed by atoms with Gasteiger partial charge in [0.15, 0.2) is 11.5 Å². The number of aliphatic hydroxyl groups is 1. The topological polar surface area (TPSA) is 67.4 Å². The SMILES string of the molecule is OCc1nc2cc3c(cc2[nH]1)OCCO3. The molecule has 1 aromatic carbocycles. The lowest BCUT2D eigenvalue weighted by molar-refractivity contribution is 0.172. The molecule has 0 saturated carbocycles. The van der Waals surface area contributed by atoms with Gasteiger partial charge in [0.25, 0.3) is 0 Å². The second-order valence-corrected chi connectivity index (χ2v) is 3.35. The van der Waals surface area contributed by atoms with Crippen LogP contribution in [-0.4, -0.2) is 28.3 Å². The van der Waals surface area contributed by atoms with E-state index < -0.39 is 0 Å². The molecule has 2 heterocycles. The molecule has 2 aromatic rings. The monoisotopic (exact) mass is 206 g/mol. The third kappa shape index (κ3) is 1.32. The van der Waals surface area contributed by atoms with Crippen LogP contribution >= 0.6 is 0 Å². The maximum atomic E-state index is 8.95. The first kappa shape index (κ1) is 8.55. The average Bonchev–Trinajstić information content (AvgIpc) is 2.67. The van der Waals surface area contributed by atoms with E-state index in [0.717, 1.165) is 16.8 Å². The van der Waals surface area contributed by atoms with Gasteiger partial charge in [-0.1, -0.05) is 0 Å². The fourth-order valence-electron chi connectivity index (χ4n) is 1.67. The summed E-state index contributed by atoms with van der Waals surface area (Å²) in [4.78, 5) is 7.20. The van der Waals surface area contributed by atoms with Crippen molar-refractivity contribution in [1.29, 1.82) is 0 Å². The summed E-state index contributed by atoms with van der Waals surface area (Å²) in [7, 11) is 0. The molecule has 78 valence electrons. The van der Waals surface area contributed by atoms with Crippen molar-refractivity contribution >= 4 is 11.0 Å². The number of rotatable bonds is 1. The number of ether oxygens (including phenoxy) is 2. The largest absolute Gasteiger partial charge is 0.486 e. The van der Waals surface area contributed by atoms with Gasteiger partial charge < -0.3 is 19.6 Å². The van der Waals surface area contributed by atoms with Gasteiger partial charge >= 0.3 is 0 Å². The molecule has 3 rings (SSSR count). The van der Waals surface area contributed by atoms with E-state index in [0.29, 0.717) is 24.8 Å². The lowest BCUT2D eigenvalue weighted by Gasteiger charge is -2.17. The minimum atomic E-state index is -0.0962. The number of aliphatic hydroxyl groups excluding tert-OH is 1. The summed E-state index contributed by atoms with van der Waals surface area (Å²) in [6.45, 7) is 1.04. The highest BCUT2D eigenvalue weighted by Crippen LogP contribution is 2.33. The number of aromatic nitrogens is 2. The lowest BCUT2D eigenvalue weighted by Crippen LogP contribution is -2.15. The van der Waals surface area contributed by atoms with E-state index in [2.05, 4.69) is 9.97 Å². The van der Waals surface area contributed by atoms with Crippen molar-refractivity contribution in [2.24, 2.45) is 0 Å². The molecule has 1 aliphatic heterocycles. The molecule has 0 bridgehead atoms. The molecule has 1 aromatic heterocycles. The molecule has 0 atom stereocenters. The summed E-state index contributed by atoms with van der Waals surface area (Å²) < 4.78 is 10.9. The standard InChI is InChI=1S/C10H10N2O3/c13-5-10-11-6-3-8-9(4-7(6)12-10)15-2-1-14-8/h3-4,13H,1-2,5H2,(H,11,12). The summed E-state index contributed by atoms with van der Waals surface area (Å²) in [6.07, 6.45) is 0. The van der Waals surface area contributed by atoms with E-state index in [-0.39, 0.29) is 6.61 Å². The fraction of sp³-hybridized carbons (Fsp3) is 0.300. The summed E-state index contributed by atoms with van der Waals surface area (Å²) in [5.74, 6) is 1.99. The summed E-state index contributed by atoms with van der Waals surface area (Å²) in [5, 5.41) is 8.95. The van der Waals surface area contributed by atoms with E-state index in [9.17, 15) is 0 Å². The van der Waals surface area contributed by atoms with Crippen molar-refractivity contribution in [3.05, 3.63) is 18.0 Å². The highest BCUT2D eigenvalue weighted by Gasteiger charge is 2.14. The molecule has 1 aliphatic rings. The molecule has 0 aliphatic carbocycles. The van der Waals surface area contributed by atoms with Crippen LogP contribution < -0.4 is 9.47 Å². The maximum absolute atomic E-state index is 8.95. The Kier molecular flexibility index (Phi) is 1.78. The Morgan fingerprint density at radius 3 is 2.73 bits per heavy atom. The van der Waals surface area contributed by atoms with Crippen molar-refractivity contribution in [3.63, 3.8) is 0 Å². The fourth-order valence-corrected chi connectivity index (χ4v) is 1.67. The zero-order valence-electron chi connectivity index (χ0n) is 7.99. The van der Waals surface area contributed by atoms with Gasteiger partial charge in [-0.05, 0) is 0 Å². The molecule has 2 N–H and O–H groups in total. The van der Waals surface area contributed by atoms with Gasteiger partial charge in [0.1, 0.15) is 25.6 Å². The first-order valence-corrected chi connectivity index (χ1v) is 4.76. The van der Waals surface area contributed by atoms with Crippen LogP contribution in [0.3, 0.4) is 0 Å². The van der Waals surface area contributed by atoms with E-state index in [1.807, 2.05) is 12.1 Å². The van der Waals surface area contributed by atoms with Crippen LogP contribution in [0, 0.1) is 0 Å². The first-order valence-electron chi connectivity index (χ1n) is 4.76. The Bertz CT molecular complexity index is 464. The van der Waals surface area contributed by atoms with Crippen molar-refractivity contribution < 1.29 is 14.6 Å². The number of fused-ring (bicyclic) bond motifs is 2. The van der Waals surface area contributed by atoms with Gasteiger partial charge in [0.05, 0.1) is 11.0 Å². The van der Waals surface area contributed by atoms with Gasteiger partial charge in [-0.25, -0.2) is 4.98 Å². The van der Waals surface area contributed by atoms with Gasteiger partial charge in [0, 0.05) is 12.1 Å². The number of nitrogens with one attached hydrogen (secondary N) is 1. The van der Waals surface area contributed by atoms with E-state index in [1.54, 1.807) is 0 Å². The zero-order valence-corrected chi connectivity index (χ0v) is 7.99. The van der Waals surface area contributed by atoms with Gasteiger partial charge in [-0.3, -0.25) is 0 Å². The third-order valence-electron chi connectivity index (χ3n) is 2.34. The zero-order chi connectivity index (χ0) is 10.3. The molecule has 5 nitrogen and oxygen atoms in total. The van der Waals surface area contributed by atoms with Crippen LogP contribution in [0.15, 0.2) is 12.1 Å². The van der Waals surface area contributed by atoms with Crippen LogP contribution in [0.1, 0.15) is 5.82 Å². The Labute approximate surface area is 85.7 Å². The smallest absolute Gasteiger partial charge is 0.163 e. The molecule has 0 unspecified atom stereocenters. The van der Waals surface area contributed by atoms with E-state index >= 15 is 0 Å². The second-order valence-electron chi connectivity index (χ2n) is 3.35. The Balaban J connectivity index is 2.19. The highest BCUT2D eigenvalue weighted by atomic mass is 16.6. The van der Waals surface area contributed by atoms with E-state index in [4.69, 9.17) is 14.6 Å². The number of nitrogens with zero attached hydrogens (tertiary/aromatic N) is 1. The Morgan fingerprint density at radius 1 is 1.27 bits per heavy atom. The quantitative estimate of drug-likeness (QED) is 0.725. The Morgan fingerprint density at radius 2 is 2.00 bits per heavy atom. The molecular formula is C10H10N2O3. The molecule has 0 fully saturated rings. The predicted molar refractivity (Wildman–Crippen MR) is 53.0 cm³/mol. The minimum absolute atomic E-state index is 0.0962. The predicted octanol–water partition coefficient (Wildman–Crippen LogP) is 0.826. The van der Waals surface area contributed by atoms with Crippen LogP contribution in [0.5, 0.6) is 11.5 Å². The number of hydrogen-bond donors (Lipinski definition) is 2. The average molecular weight is 206 g/mol. The number of imidazole rings is 1. The molecule has 0 saturated heterocycles. The Hall–Kier alpha value is -1.75. The van der Waals surface area contributed by atoms with Crippen LogP contribution in [0.4, 0.5) is 0 Å². The van der Waals surface area contributed by atoms with Crippen molar-refractivity contribution in [1.82, 2.24) is 9.97 Å². The number of hydrogen-bond acceptors (Lipinski definition) is 4. The van der Waals surface area contributed by atoms with Crippen LogP contribution in [0.2, 0.25) is 0 Å². The van der Waals surface area contributed by atoms with Gasteiger partial charge in [-0.15, -0.1) is 0 Å². The van der Waals surface area contributed by atoms with Gasteiger partial charge in [-0.2, -0.15) is 0 Å². The lowest BCUT2D eigenvalue weighted by atomic mass is 10.2.